The van der Waals surface area contributed by atoms with E-state index in [2.05, 4.69) is 10.4 Å². The van der Waals surface area contributed by atoms with Crippen molar-refractivity contribution in [2.45, 2.75) is 13.0 Å². The smallest absolute Gasteiger partial charge is 0.292 e. The van der Waals surface area contributed by atoms with E-state index in [4.69, 9.17) is 11.6 Å². The fourth-order valence-corrected chi connectivity index (χ4v) is 2.78. The molecule has 27 heavy (non-hydrogen) atoms. The van der Waals surface area contributed by atoms with Gasteiger partial charge in [0, 0.05) is 12.6 Å². The molecule has 0 aliphatic heterocycles. The van der Waals surface area contributed by atoms with Crippen molar-refractivity contribution < 1.29 is 13.9 Å². The summed E-state index contributed by atoms with van der Waals surface area (Å²) in [6.45, 7) is 2.01. The van der Waals surface area contributed by atoms with Crippen molar-refractivity contribution in [3.8, 4) is 5.69 Å². The van der Waals surface area contributed by atoms with E-state index in [0.717, 1.165) is 22.4 Å². The van der Waals surface area contributed by atoms with Crippen LogP contribution in [-0.4, -0.2) is 21.4 Å². The van der Waals surface area contributed by atoms with E-state index in [1.54, 1.807) is 6.07 Å². The Morgan fingerprint density at radius 2 is 2.04 bits per heavy atom. The Hall–Kier alpha value is -2.77. The average Bonchev–Trinajstić information content (AvgIpc) is 2.63. The van der Waals surface area contributed by atoms with Crippen molar-refractivity contribution in [2.75, 3.05) is 11.9 Å². The van der Waals surface area contributed by atoms with E-state index in [1.165, 1.54) is 6.20 Å². The number of aromatic nitrogens is 2. The van der Waals surface area contributed by atoms with Gasteiger partial charge in [-0.2, -0.15) is 9.78 Å². The molecule has 0 saturated heterocycles. The molecule has 0 bridgehead atoms. The first kappa shape index (κ1) is 19.0. The zero-order valence-electron chi connectivity index (χ0n) is 14.3. The van der Waals surface area contributed by atoms with Crippen molar-refractivity contribution >= 4 is 17.3 Å². The van der Waals surface area contributed by atoms with Gasteiger partial charge < -0.3 is 10.4 Å². The molecule has 0 saturated carbocycles. The van der Waals surface area contributed by atoms with E-state index in [1.807, 2.05) is 25.1 Å². The molecule has 2 aromatic carbocycles. The van der Waals surface area contributed by atoms with Crippen molar-refractivity contribution in [1.29, 1.82) is 0 Å². The monoisotopic (exact) mass is 391 g/mol. The summed E-state index contributed by atoms with van der Waals surface area (Å²) in [6.07, 6.45) is 0.424. The van der Waals surface area contributed by atoms with Gasteiger partial charge in [-0.05, 0) is 24.6 Å². The zero-order valence-corrected chi connectivity index (χ0v) is 15.0. The Labute approximate surface area is 158 Å². The second kappa shape index (κ2) is 7.85. The molecule has 3 rings (SSSR count). The maximum absolute atomic E-state index is 13.9. The first-order chi connectivity index (χ1) is 12.9. The molecule has 8 heteroatoms. The van der Waals surface area contributed by atoms with E-state index in [9.17, 15) is 18.7 Å². The first-order valence-electron chi connectivity index (χ1n) is 8.08. The number of hydrogen-bond donors (Lipinski definition) is 2. The largest absolute Gasteiger partial charge is 0.387 e. The second-order valence-electron chi connectivity index (χ2n) is 6.00. The number of nitrogens with zero attached hydrogens (tertiary/aromatic N) is 2. The van der Waals surface area contributed by atoms with Crippen LogP contribution in [0.5, 0.6) is 0 Å². The number of hydrogen-bond acceptors (Lipinski definition) is 4. The lowest BCUT2D eigenvalue weighted by Crippen LogP contribution is -2.24. The second-order valence-corrected chi connectivity index (χ2v) is 6.37. The molecule has 0 amide bonds. The zero-order chi connectivity index (χ0) is 19.6. The molecule has 140 valence electrons. The van der Waals surface area contributed by atoms with Crippen molar-refractivity contribution in [3.63, 3.8) is 0 Å². The lowest BCUT2D eigenvalue weighted by atomic mass is 10.1. The van der Waals surface area contributed by atoms with Crippen LogP contribution in [0.4, 0.5) is 14.5 Å². The van der Waals surface area contributed by atoms with Crippen LogP contribution in [0.25, 0.3) is 5.69 Å². The number of anilines is 1. The van der Waals surface area contributed by atoms with Crippen LogP contribution in [0.3, 0.4) is 0 Å². The topological polar surface area (TPSA) is 67.2 Å². The molecule has 1 atom stereocenters. The number of aliphatic hydroxyl groups is 1. The minimum Gasteiger partial charge on any atom is -0.387 e. The van der Waals surface area contributed by atoms with E-state index < -0.39 is 23.3 Å². The minimum atomic E-state index is -0.934. The first-order valence-corrected chi connectivity index (χ1v) is 8.46. The standard InChI is InChI=1S/C19H16ClF2N3O2/c1-11-3-2-4-12(7-11)17(26)10-23-15-9-24-25(19(27)18(15)20)16-6-5-13(21)8-14(16)22/h2-9,17,23,26H,10H2,1H3. The van der Waals surface area contributed by atoms with Gasteiger partial charge in [0.1, 0.15) is 16.5 Å². The highest BCUT2D eigenvalue weighted by Crippen LogP contribution is 2.20. The van der Waals surface area contributed by atoms with E-state index >= 15 is 0 Å². The fraction of sp³-hybridized carbons (Fsp3) is 0.158. The van der Waals surface area contributed by atoms with Gasteiger partial charge in [0.2, 0.25) is 0 Å². The summed E-state index contributed by atoms with van der Waals surface area (Å²) in [7, 11) is 0. The Kier molecular flexibility index (Phi) is 5.53. The molecule has 1 aromatic heterocycles. The van der Waals surface area contributed by atoms with Crippen LogP contribution in [0.1, 0.15) is 17.2 Å². The molecule has 0 fully saturated rings. The highest BCUT2D eigenvalue weighted by Gasteiger charge is 2.15. The minimum absolute atomic E-state index is 0.0964. The summed E-state index contributed by atoms with van der Waals surface area (Å²) in [5.41, 5.74) is 0.947. The third-order valence-corrected chi connectivity index (χ3v) is 4.33. The maximum Gasteiger partial charge on any atom is 0.292 e. The summed E-state index contributed by atoms with van der Waals surface area (Å²) in [6, 6.07) is 10.2. The molecule has 0 spiro atoms. The molecule has 0 aliphatic rings. The quantitative estimate of drug-likeness (QED) is 0.697. The number of halogens is 3. The number of rotatable bonds is 5. The van der Waals surface area contributed by atoms with E-state index in [-0.39, 0.29) is 22.9 Å². The molecule has 3 aromatic rings. The SMILES string of the molecule is Cc1cccc(C(O)CNc2cnn(-c3ccc(F)cc3F)c(=O)c2Cl)c1. The van der Waals surface area contributed by atoms with E-state index in [0.29, 0.717) is 11.6 Å². The Bertz CT molecular complexity index is 1040. The number of benzene rings is 2. The van der Waals surface area contributed by atoms with Crippen LogP contribution in [0.15, 0.2) is 53.5 Å². The predicted octanol–water partition coefficient (Wildman–Crippen LogP) is 3.62. The van der Waals surface area contributed by atoms with Gasteiger partial charge in [0.05, 0.1) is 18.0 Å². The maximum atomic E-state index is 13.9. The molecule has 0 radical (unpaired) electrons. The van der Waals surface area contributed by atoms with Crippen molar-refractivity contribution in [3.05, 3.63) is 86.8 Å². The third kappa shape index (κ3) is 4.15. The Morgan fingerprint density at radius 1 is 1.26 bits per heavy atom. The van der Waals surface area contributed by atoms with Gasteiger partial charge in [-0.1, -0.05) is 41.4 Å². The van der Waals surface area contributed by atoms with Crippen LogP contribution >= 0.6 is 11.6 Å². The molecular weight excluding hydrogens is 376 g/mol. The number of aliphatic hydroxyl groups excluding tert-OH is 1. The van der Waals surface area contributed by atoms with Gasteiger partial charge in [0.15, 0.2) is 5.82 Å². The van der Waals surface area contributed by atoms with Crippen molar-refractivity contribution in [1.82, 2.24) is 9.78 Å². The lowest BCUT2D eigenvalue weighted by molar-refractivity contribution is 0.191. The molecule has 5 nitrogen and oxygen atoms in total. The Morgan fingerprint density at radius 3 is 2.74 bits per heavy atom. The van der Waals surface area contributed by atoms with Gasteiger partial charge in [-0.3, -0.25) is 4.79 Å². The van der Waals surface area contributed by atoms with Crippen LogP contribution in [0.2, 0.25) is 5.02 Å². The van der Waals surface area contributed by atoms with Crippen LogP contribution < -0.4 is 10.9 Å². The normalized spacial score (nSPS) is 12.0. The van der Waals surface area contributed by atoms with Gasteiger partial charge in [-0.25, -0.2) is 8.78 Å². The molecule has 1 unspecified atom stereocenters. The third-order valence-electron chi connectivity index (χ3n) is 3.97. The fourth-order valence-electron chi connectivity index (χ4n) is 2.58. The molecular formula is C19H16ClF2N3O2. The number of aryl methyl sites for hydroxylation is 1. The average molecular weight is 392 g/mol. The lowest BCUT2D eigenvalue weighted by Gasteiger charge is -2.15. The molecule has 2 N–H and O–H groups in total. The highest BCUT2D eigenvalue weighted by atomic mass is 35.5. The Balaban J connectivity index is 1.82. The van der Waals surface area contributed by atoms with Crippen LogP contribution in [-0.2, 0) is 0 Å². The van der Waals surface area contributed by atoms with Gasteiger partial charge >= 0.3 is 0 Å². The number of nitrogens with one attached hydrogen (secondary N) is 1. The molecule has 0 aliphatic carbocycles. The summed E-state index contributed by atoms with van der Waals surface area (Å²) in [4.78, 5) is 12.4. The highest BCUT2D eigenvalue weighted by molar-refractivity contribution is 6.32. The molecule has 1 heterocycles. The summed E-state index contributed by atoms with van der Waals surface area (Å²) in [5, 5.41) is 16.8. The van der Waals surface area contributed by atoms with Crippen molar-refractivity contribution in [2.24, 2.45) is 0 Å². The summed E-state index contributed by atoms with van der Waals surface area (Å²) >= 11 is 6.07. The summed E-state index contributed by atoms with van der Waals surface area (Å²) in [5.74, 6) is -1.70. The van der Waals surface area contributed by atoms with Gasteiger partial charge in [0.25, 0.3) is 5.56 Å². The predicted molar refractivity (Wildman–Crippen MR) is 99.4 cm³/mol. The van der Waals surface area contributed by atoms with Crippen LogP contribution in [0, 0.1) is 18.6 Å². The van der Waals surface area contributed by atoms with Gasteiger partial charge in [-0.15, -0.1) is 0 Å². The summed E-state index contributed by atoms with van der Waals surface area (Å²) < 4.78 is 27.7.